The molecule has 1 amide bonds. The third-order valence-electron chi connectivity index (χ3n) is 1.77. The molecule has 1 aromatic carbocycles. The molecule has 1 rings (SSSR count). The van der Waals surface area contributed by atoms with E-state index in [0.717, 1.165) is 0 Å². The van der Waals surface area contributed by atoms with Crippen molar-refractivity contribution in [2.45, 2.75) is 20.3 Å². The van der Waals surface area contributed by atoms with Gasteiger partial charge in [0.25, 0.3) is 5.91 Å². The highest BCUT2D eigenvalue weighted by atomic mass is 16.6. The third-order valence-corrected chi connectivity index (χ3v) is 1.77. The van der Waals surface area contributed by atoms with E-state index in [4.69, 9.17) is 10.6 Å². The van der Waals surface area contributed by atoms with Crippen LogP contribution < -0.4 is 16.0 Å². The summed E-state index contributed by atoms with van der Waals surface area (Å²) in [5, 5.41) is 10.6. The summed E-state index contributed by atoms with van der Waals surface area (Å²) in [5.41, 5.74) is 1.62. The molecule has 100 valence electrons. The molecule has 0 unspecified atom stereocenters. The highest BCUT2D eigenvalue weighted by Gasteiger charge is 2.21. The second kappa shape index (κ2) is 8.02. The summed E-state index contributed by atoms with van der Waals surface area (Å²) in [5.74, 6) is 4.18. The van der Waals surface area contributed by atoms with Crippen LogP contribution in [-0.4, -0.2) is 17.9 Å². The van der Waals surface area contributed by atoms with Crippen molar-refractivity contribution >= 4 is 11.6 Å². The standard InChI is InChI=1S/C8H9N3O4.C3H8/c1-15-7-5(8(12)10-9)3-2-4-6(7)11(13)14;1-3-2/h2-4H,9H2,1H3,(H,10,12);3H2,1-2H3. The fourth-order valence-electron chi connectivity index (χ4n) is 1.14. The van der Waals surface area contributed by atoms with Crippen molar-refractivity contribution in [2.24, 2.45) is 5.84 Å². The minimum Gasteiger partial charge on any atom is -0.490 e. The van der Waals surface area contributed by atoms with Gasteiger partial charge in [0.15, 0.2) is 0 Å². The lowest BCUT2D eigenvalue weighted by Gasteiger charge is -2.06. The number of nitro groups is 1. The van der Waals surface area contributed by atoms with Gasteiger partial charge < -0.3 is 4.74 Å². The Morgan fingerprint density at radius 1 is 1.50 bits per heavy atom. The normalized spacial score (nSPS) is 8.89. The summed E-state index contributed by atoms with van der Waals surface area (Å²) in [6.45, 7) is 4.25. The van der Waals surface area contributed by atoms with Crippen molar-refractivity contribution in [3.8, 4) is 5.75 Å². The van der Waals surface area contributed by atoms with Gasteiger partial charge in [0.1, 0.15) is 0 Å². The van der Waals surface area contributed by atoms with Crippen molar-refractivity contribution < 1.29 is 14.5 Å². The minimum atomic E-state index is -0.643. The fourth-order valence-corrected chi connectivity index (χ4v) is 1.14. The van der Waals surface area contributed by atoms with E-state index in [1.165, 1.54) is 31.7 Å². The second-order valence-electron chi connectivity index (χ2n) is 3.30. The molecule has 7 nitrogen and oxygen atoms in total. The number of nitrogens with one attached hydrogen (secondary N) is 1. The van der Waals surface area contributed by atoms with E-state index in [1.807, 2.05) is 5.43 Å². The van der Waals surface area contributed by atoms with Crippen LogP contribution in [0.4, 0.5) is 5.69 Å². The number of hydrogen-bond donors (Lipinski definition) is 2. The van der Waals surface area contributed by atoms with E-state index in [9.17, 15) is 14.9 Å². The molecule has 1 aromatic rings. The molecule has 0 aliphatic heterocycles. The van der Waals surface area contributed by atoms with Crippen LogP contribution in [-0.2, 0) is 0 Å². The van der Waals surface area contributed by atoms with Crippen LogP contribution in [0, 0.1) is 10.1 Å². The number of hydrazine groups is 1. The molecule has 0 saturated carbocycles. The lowest BCUT2D eigenvalue weighted by atomic mass is 10.1. The summed E-state index contributed by atoms with van der Waals surface area (Å²) >= 11 is 0. The van der Waals surface area contributed by atoms with Crippen LogP contribution in [0.15, 0.2) is 18.2 Å². The average Bonchev–Trinajstić information content (AvgIpc) is 2.37. The van der Waals surface area contributed by atoms with Gasteiger partial charge in [-0.3, -0.25) is 20.3 Å². The Hall–Kier alpha value is -2.15. The quantitative estimate of drug-likeness (QED) is 0.369. The molecule has 0 spiro atoms. The van der Waals surface area contributed by atoms with Crippen LogP contribution in [0.5, 0.6) is 5.75 Å². The summed E-state index contributed by atoms with van der Waals surface area (Å²) < 4.78 is 4.80. The molecule has 7 heteroatoms. The first-order valence-electron chi connectivity index (χ1n) is 5.35. The number of nitro benzene ring substituents is 1. The number of nitrogens with two attached hydrogens (primary N) is 1. The maximum Gasteiger partial charge on any atom is 0.311 e. The number of carbonyl (C=O) groups is 1. The Balaban J connectivity index is 0.000000873. The topological polar surface area (TPSA) is 107 Å². The Morgan fingerprint density at radius 3 is 2.44 bits per heavy atom. The molecule has 0 aromatic heterocycles. The zero-order chi connectivity index (χ0) is 14.1. The number of nitrogens with zero attached hydrogens (tertiary/aromatic N) is 1. The summed E-state index contributed by atoms with van der Waals surface area (Å²) in [6.07, 6.45) is 1.25. The van der Waals surface area contributed by atoms with Crippen LogP contribution >= 0.6 is 0 Å². The summed E-state index contributed by atoms with van der Waals surface area (Å²) in [4.78, 5) is 21.2. The first kappa shape index (κ1) is 15.9. The van der Waals surface area contributed by atoms with Crippen molar-refractivity contribution in [3.63, 3.8) is 0 Å². The number of rotatable bonds is 3. The summed E-state index contributed by atoms with van der Waals surface area (Å²) in [6, 6.07) is 4.01. The number of benzene rings is 1. The van der Waals surface area contributed by atoms with E-state index in [0.29, 0.717) is 0 Å². The number of amides is 1. The monoisotopic (exact) mass is 255 g/mol. The largest absolute Gasteiger partial charge is 0.490 e. The number of nitrogen functional groups attached to an aromatic ring is 1. The highest BCUT2D eigenvalue weighted by molar-refractivity contribution is 5.97. The van der Waals surface area contributed by atoms with Gasteiger partial charge in [0.05, 0.1) is 17.6 Å². The van der Waals surface area contributed by atoms with Gasteiger partial charge in [-0.25, -0.2) is 5.84 Å². The van der Waals surface area contributed by atoms with Crippen molar-refractivity contribution in [1.29, 1.82) is 0 Å². The van der Waals surface area contributed by atoms with Gasteiger partial charge in [0.2, 0.25) is 5.75 Å². The molecular formula is C11H17N3O4. The summed E-state index contributed by atoms with van der Waals surface area (Å²) in [7, 11) is 1.25. The second-order valence-corrected chi connectivity index (χ2v) is 3.30. The molecule has 3 N–H and O–H groups in total. The maximum absolute atomic E-state index is 11.2. The van der Waals surface area contributed by atoms with E-state index in [1.54, 1.807) is 0 Å². The first-order valence-corrected chi connectivity index (χ1v) is 5.35. The smallest absolute Gasteiger partial charge is 0.311 e. The maximum atomic E-state index is 11.2. The number of para-hydroxylation sites is 1. The van der Waals surface area contributed by atoms with E-state index in [-0.39, 0.29) is 17.0 Å². The van der Waals surface area contributed by atoms with E-state index < -0.39 is 10.8 Å². The molecule has 0 aliphatic rings. The lowest BCUT2D eigenvalue weighted by molar-refractivity contribution is -0.385. The third kappa shape index (κ3) is 4.02. The molecule has 0 atom stereocenters. The SMILES string of the molecule is CCC.COc1c(C(=O)NN)cccc1[N+](=O)[O-]. The van der Waals surface area contributed by atoms with Crippen molar-refractivity contribution in [1.82, 2.24) is 5.43 Å². The van der Waals surface area contributed by atoms with E-state index >= 15 is 0 Å². The number of hydrogen-bond acceptors (Lipinski definition) is 5. The number of carbonyl (C=O) groups excluding carboxylic acids is 1. The lowest BCUT2D eigenvalue weighted by Crippen LogP contribution is -2.30. The molecule has 0 saturated heterocycles. The molecule has 0 bridgehead atoms. The predicted molar refractivity (Wildman–Crippen MR) is 67.3 cm³/mol. The molecule has 0 heterocycles. The zero-order valence-corrected chi connectivity index (χ0v) is 10.6. The van der Waals surface area contributed by atoms with Crippen LogP contribution in [0.3, 0.4) is 0 Å². The molecule has 0 aliphatic carbocycles. The van der Waals surface area contributed by atoms with Gasteiger partial charge in [-0.1, -0.05) is 26.3 Å². The minimum absolute atomic E-state index is 0.0224. The molecule has 0 radical (unpaired) electrons. The van der Waals surface area contributed by atoms with Crippen molar-refractivity contribution in [3.05, 3.63) is 33.9 Å². The fraction of sp³-hybridized carbons (Fsp3) is 0.364. The Labute approximate surface area is 105 Å². The van der Waals surface area contributed by atoms with Crippen LogP contribution in [0.1, 0.15) is 30.6 Å². The number of ether oxygens (including phenoxy) is 1. The number of methoxy groups -OCH3 is 1. The van der Waals surface area contributed by atoms with Gasteiger partial charge in [-0.2, -0.15) is 0 Å². The van der Waals surface area contributed by atoms with Gasteiger partial charge in [-0.05, 0) is 6.07 Å². The average molecular weight is 255 g/mol. The van der Waals surface area contributed by atoms with Gasteiger partial charge in [0, 0.05) is 6.07 Å². The Bertz CT molecular complexity index is 421. The first-order chi connectivity index (χ1) is 8.53. The highest BCUT2D eigenvalue weighted by Crippen LogP contribution is 2.30. The Kier molecular flexibility index (Phi) is 7.06. The predicted octanol–water partition coefficient (Wildman–Crippen LogP) is 1.62. The zero-order valence-electron chi connectivity index (χ0n) is 10.6. The van der Waals surface area contributed by atoms with Gasteiger partial charge >= 0.3 is 5.69 Å². The Morgan fingerprint density at radius 2 is 2.06 bits per heavy atom. The van der Waals surface area contributed by atoms with Crippen LogP contribution in [0.25, 0.3) is 0 Å². The van der Waals surface area contributed by atoms with E-state index in [2.05, 4.69) is 13.8 Å². The van der Waals surface area contributed by atoms with Gasteiger partial charge in [-0.15, -0.1) is 0 Å². The van der Waals surface area contributed by atoms with Crippen LogP contribution in [0.2, 0.25) is 0 Å². The molecular weight excluding hydrogens is 238 g/mol. The molecule has 0 fully saturated rings. The molecule has 18 heavy (non-hydrogen) atoms. The van der Waals surface area contributed by atoms with Crippen molar-refractivity contribution in [2.75, 3.05) is 7.11 Å².